The van der Waals surface area contributed by atoms with Crippen molar-refractivity contribution >= 4 is 17.0 Å². The van der Waals surface area contributed by atoms with Gasteiger partial charge in [0.15, 0.2) is 11.5 Å². The van der Waals surface area contributed by atoms with Crippen molar-refractivity contribution in [3.8, 4) is 34.4 Å². The zero-order valence-corrected chi connectivity index (χ0v) is 24.7. The van der Waals surface area contributed by atoms with Crippen LogP contribution >= 0.6 is 0 Å². The molecule has 11 nitrogen and oxygen atoms in total. The Morgan fingerprint density at radius 2 is 1.76 bits per heavy atom. The Morgan fingerprint density at radius 3 is 2.51 bits per heavy atom. The van der Waals surface area contributed by atoms with Crippen LogP contribution in [0.3, 0.4) is 0 Å². The number of nitriles is 1. The second kappa shape index (κ2) is 11.7. The molecule has 45 heavy (non-hydrogen) atoms. The molecule has 0 atom stereocenters. The molecule has 0 saturated carbocycles. The summed E-state index contributed by atoms with van der Waals surface area (Å²) in [6, 6.07) is 23.1. The van der Waals surface area contributed by atoms with Crippen LogP contribution in [0.4, 0.5) is 5.82 Å². The lowest BCUT2D eigenvalue weighted by Gasteiger charge is -2.31. The fourth-order valence-electron chi connectivity index (χ4n) is 5.89. The number of imidazole rings is 1. The topological polar surface area (TPSA) is 144 Å². The van der Waals surface area contributed by atoms with E-state index in [1.807, 2.05) is 28.8 Å². The summed E-state index contributed by atoms with van der Waals surface area (Å²) < 4.78 is 3.56. The smallest absolute Gasteiger partial charge is 0.250 e. The molecule has 11 heteroatoms. The van der Waals surface area contributed by atoms with Crippen LogP contribution < -0.4 is 11.3 Å². The molecule has 1 aliphatic rings. The summed E-state index contributed by atoms with van der Waals surface area (Å²) in [5.41, 5.74) is 12.4. The number of anilines is 1. The highest BCUT2D eigenvalue weighted by atomic mass is 16.1. The minimum Gasteiger partial charge on any atom is -0.383 e. The molecule has 5 aromatic heterocycles. The van der Waals surface area contributed by atoms with Gasteiger partial charge in [-0.3, -0.25) is 14.3 Å². The van der Waals surface area contributed by atoms with Crippen LogP contribution in [0.5, 0.6) is 0 Å². The molecule has 1 saturated heterocycles. The number of rotatable bonds is 6. The standard InChI is InChI=1S/C34H30N10O/c1-42-21-24(6-11-30(42)45)28-9-10-29-34(40-28)44(33(41-29)27-3-2-15-37-31(27)36)26-7-4-22(5-8-26)20-43-17-13-23(14-18-43)32-38-16-12-25(19-35)39-32/h2-12,15-16,21,23H,13-14,17-18,20H2,1H3,(H2,36,37). The third-order valence-corrected chi connectivity index (χ3v) is 8.31. The Bertz CT molecular complexity index is 2120. The fraction of sp³-hybridized carbons (Fsp3) is 0.206. The van der Waals surface area contributed by atoms with Gasteiger partial charge in [-0.2, -0.15) is 5.26 Å². The van der Waals surface area contributed by atoms with Gasteiger partial charge >= 0.3 is 0 Å². The second-order valence-electron chi connectivity index (χ2n) is 11.2. The van der Waals surface area contributed by atoms with Crippen LogP contribution in [0.1, 0.15) is 35.8 Å². The number of pyridine rings is 3. The summed E-state index contributed by atoms with van der Waals surface area (Å²) >= 11 is 0. The van der Waals surface area contributed by atoms with Crippen molar-refractivity contribution < 1.29 is 0 Å². The van der Waals surface area contributed by atoms with Crippen LogP contribution in [-0.4, -0.2) is 52.0 Å². The van der Waals surface area contributed by atoms with Crippen molar-refractivity contribution in [1.29, 1.82) is 5.26 Å². The molecule has 0 bridgehead atoms. The van der Waals surface area contributed by atoms with Crippen molar-refractivity contribution in [1.82, 2.24) is 39.0 Å². The number of benzene rings is 1. The summed E-state index contributed by atoms with van der Waals surface area (Å²) in [6.07, 6.45) is 7.02. The number of fused-ring (bicyclic) bond motifs is 1. The predicted octanol–water partition coefficient (Wildman–Crippen LogP) is 4.47. The van der Waals surface area contributed by atoms with Gasteiger partial charge in [-0.15, -0.1) is 0 Å². The van der Waals surface area contributed by atoms with Crippen molar-refractivity contribution in [2.75, 3.05) is 18.8 Å². The van der Waals surface area contributed by atoms with E-state index in [0.717, 1.165) is 66.3 Å². The van der Waals surface area contributed by atoms with Crippen LogP contribution in [-0.2, 0) is 13.6 Å². The van der Waals surface area contributed by atoms with Gasteiger partial charge in [0.1, 0.15) is 28.9 Å². The zero-order valence-electron chi connectivity index (χ0n) is 24.7. The number of aromatic nitrogens is 7. The van der Waals surface area contributed by atoms with Gasteiger partial charge < -0.3 is 10.3 Å². The first-order chi connectivity index (χ1) is 22.0. The van der Waals surface area contributed by atoms with Gasteiger partial charge in [-0.1, -0.05) is 12.1 Å². The first-order valence-corrected chi connectivity index (χ1v) is 14.8. The van der Waals surface area contributed by atoms with E-state index >= 15 is 0 Å². The number of nitrogens with two attached hydrogens (primary N) is 1. The highest BCUT2D eigenvalue weighted by molar-refractivity contribution is 5.84. The quantitative estimate of drug-likeness (QED) is 0.295. The maximum absolute atomic E-state index is 12.0. The number of likely N-dealkylation sites (tertiary alicyclic amines) is 1. The van der Waals surface area contributed by atoms with Crippen molar-refractivity contribution in [3.63, 3.8) is 0 Å². The molecular weight excluding hydrogens is 564 g/mol. The average molecular weight is 595 g/mol. The third-order valence-electron chi connectivity index (χ3n) is 8.31. The van der Waals surface area contributed by atoms with Crippen molar-refractivity contribution in [2.45, 2.75) is 25.3 Å². The maximum atomic E-state index is 12.0. The molecule has 1 aliphatic heterocycles. The number of nitrogen functional groups attached to an aromatic ring is 1. The zero-order chi connectivity index (χ0) is 30.9. The number of hydrogen-bond donors (Lipinski definition) is 1. The van der Waals surface area contributed by atoms with E-state index in [1.54, 1.807) is 48.4 Å². The average Bonchev–Trinajstić information content (AvgIpc) is 3.45. The number of hydrogen-bond acceptors (Lipinski definition) is 9. The van der Waals surface area contributed by atoms with Crippen molar-refractivity contribution in [2.24, 2.45) is 7.05 Å². The van der Waals surface area contributed by atoms with Crippen LogP contribution in [0, 0.1) is 11.3 Å². The van der Waals surface area contributed by atoms with Gasteiger partial charge in [0.2, 0.25) is 5.56 Å². The molecular formula is C34H30N10O. The predicted molar refractivity (Wildman–Crippen MR) is 171 cm³/mol. The Morgan fingerprint density at radius 1 is 0.933 bits per heavy atom. The van der Waals surface area contributed by atoms with Gasteiger partial charge in [0, 0.05) is 55.4 Å². The van der Waals surface area contributed by atoms with E-state index in [-0.39, 0.29) is 11.5 Å². The number of aryl methyl sites for hydroxylation is 1. The molecule has 0 spiro atoms. The Hall–Kier alpha value is -5.73. The van der Waals surface area contributed by atoms with E-state index < -0.39 is 0 Å². The highest BCUT2D eigenvalue weighted by Gasteiger charge is 2.23. The third kappa shape index (κ3) is 5.55. The molecule has 222 valence electrons. The van der Waals surface area contributed by atoms with E-state index in [2.05, 4.69) is 50.2 Å². The Labute approximate surface area is 259 Å². The number of nitrogens with zero attached hydrogens (tertiary/aromatic N) is 9. The van der Waals surface area contributed by atoms with Gasteiger partial charge in [-0.05, 0) is 80.0 Å². The molecule has 1 fully saturated rings. The van der Waals surface area contributed by atoms with E-state index in [0.29, 0.717) is 23.0 Å². The lowest BCUT2D eigenvalue weighted by atomic mass is 9.95. The van der Waals surface area contributed by atoms with Crippen LogP contribution in [0.15, 0.2) is 90.1 Å². The molecule has 0 aliphatic carbocycles. The first-order valence-electron chi connectivity index (χ1n) is 14.8. The summed E-state index contributed by atoms with van der Waals surface area (Å²) in [7, 11) is 1.73. The van der Waals surface area contributed by atoms with Crippen molar-refractivity contribution in [3.05, 3.63) is 113 Å². The molecule has 7 rings (SSSR count). The van der Waals surface area contributed by atoms with E-state index in [9.17, 15) is 10.1 Å². The largest absolute Gasteiger partial charge is 0.383 e. The van der Waals surface area contributed by atoms with Crippen LogP contribution in [0.25, 0.3) is 39.5 Å². The summed E-state index contributed by atoms with van der Waals surface area (Å²) in [5.74, 6) is 2.07. The second-order valence-corrected chi connectivity index (χ2v) is 11.2. The minimum atomic E-state index is -0.0805. The monoisotopic (exact) mass is 594 g/mol. The molecule has 0 unspecified atom stereocenters. The Kier molecular flexibility index (Phi) is 7.33. The Balaban J connectivity index is 1.18. The molecule has 6 heterocycles. The molecule has 0 radical (unpaired) electrons. The normalized spacial score (nSPS) is 14.0. The molecule has 2 N–H and O–H groups in total. The van der Waals surface area contributed by atoms with E-state index in [4.69, 9.17) is 15.7 Å². The summed E-state index contributed by atoms with van der Waals surface area (Å²) in [6.45, 7) is 2.69. The molecule has 1 aromatic carbocycles. The number of piperidine rings is 1. The van der Waals surface area contributed by atoms with Crippen LogP contribution in [0.2, 0.25) is 0 Å². The molecule has 0 amide bonds. The summed E-state index contributed by atoms with van der Waals surface area (Å²) in [4.78, 5) is 37.5. The fourth-order valence-corrected chi connectivity index (χ4v) is 5.89. The minimum absolute atomic E-state index is 0.0805. The van der Waals surface area contributed by atoms with Gasteiger partial charge in [0.25, 0.3) is 0 Å². The van der Waals surface area contributed by atoms with Gasteiger partial charge in [0.05, 0.1) is 11.3 Å². The van der Waals surface area contributed by atoms with E-state index in [1.165, 1.54) is 5.56 Å². The first kappa shape index (κ1) is 28.1. The molecule has 6 aromatic rings. The summed E-state index contributed by atoms with van der Waals surface area (Å²) in [5, 5.41) is 9.19. The lowest BCUT2D eigenvalue weighted by Crippen LogP contribution is -2.33. The maximum Gasteiger partial charge on any atom is 0.250 e. The highest BCUT2D eigenvalue weighted by Crippen LogP contribution is 2.32. The van der Waals surface area contributed by atoms with Gasteiger partial charge in [-0.25, -0.2) is 24.9 Å². The SMILES string of the molecule is Cn1cc(-c2ccc3nc(-c4cccnc4N)n(-c4ccc(CN5CCC(c6nccc(C#N)n6)CC5)cc4)c3n2)ccc1=O. The lowest BCUT2D eigenvalue weighted by molar-refractivity contribution is 0.201.